The van der Waals surface area contributed by atoms with Gasteiger partial charge in [0.1, 0.15) is 0 Å². The van der Waals surface area contributed by atoms with Crippen LogP contribution in [-0.4, -0.2) is 36.1 Å². The quantitative estimate of drug-likeness (QED) is 0.691. The van der Waals surface area contributed by atoms with E-state index in [1.807, 2.05) is 0 Å². The van der Waals surface area contributed by atoms with Crippen molar-refractivity contribution in [3.63, 3.8) is 0 Å². The zero-order valence-corrected chi connectivity index (χ0v) is 9.45. The van der Waals surface area contributed by atoms with Gasteiger partial charge in [-0.15, -0.1) is 0 Å². The summed E-state index contributed by atoms with van der Waals surface area (Å²) < 4.78 is 0. The van der Waals surface area contributed by atoms with Gasteiger partial charge in [-0.3, -0.25) is 4.90 Å². The number of nitrogens with one attached hydrogen (secondary N) is 1. The van der Waals surface area contributed by atoms with E-state index in [4.69, 9.17) is 5.26 Å². The highest BCUT2D eigenvalue weighted by molar-refractivity contribution is 4.88. The summed E-state index contributed by atoms with van der Waals surface area (Å²) in [6.07, 6.45) is 1.68. The third-order valence-corrected chi connectivity index (χ3v) is 3.25. The van der Waals surface area contributed by atoms with E-state index in [1.165, 1.54) is 0 Å². The average molecular weight is 195 g/mol. The molecular weight excluding hydrogens is 174 g/mol. The molecule has 0 aromatic rings. The molecule has 3 atom stereocenters. The van der Waals surface area contributed by atoms with Crippen LogP contribution in [0.3, 0.4) is 0 Å². The van der Waals surface area contributed by atoms with Gasteiger partial charge >= 0.3 is 0 Å². The molecule has 3 heteroatoms. The Kier molecular flexibility index (Phi) is 4.37. The van der Waals surface area contributed by atoms with Gasteiger partial charge in [-0.2, -0.15) is 5.26 Å². The highest BCUT2D eigenvalue weighted by Crippen LogP contribution is 2.14. The largest absolute Gasteiger partial charge is 0.311 e. The van der Waals surface area contributed by atoms with E-state index in [0.717, 1.165) is 19.5 Å². The monoisotopic (exact) mass is 195 g/mol. The maximum Gasteiger partial charge on any atom is 0.0622 e. The molecule has 1 aliphatic heterocycles. The molecule has 0 aliphatic carbocycles. The van der Waals surface area contributed by atoms with Crippen LogP contribution >= 0.6 is 0 Å². The van der Waals surface area contributed by atoms with Gasteiger partial charge in [0.15, 0.2) is 0 Å². The van der Waals surface area contributed by atoms with Gasteiger partial charge in [0.25, 0.3) is 0 Å². The average Bonchev–Trinajstić information content (AvgIpc) is 2.18. The third kappa shape index (κ3) is 2.70. The topological polar surface area (TPSA) is 39.1 Å². The van der Waals surface area contributed by atoms with Crippen LogP contribution in [0.25, 0.3) is 0 Å². The van der Waals surface area contributed by atoms with Gasteiger partial charge in [-0.25, -0.2) is 0 Å². The van der Waals surface area contributed by atoms with Crippen LogP contribution in [0.2, 0.25) is 0 Å². The molecule has 1 heterocycles. The van der Waals surface area contributed by atoms with Crippen LogP contribution in [0.1, 0.15) is 33.6 Å². The van der Waals surface area contributed by atoms with Crippen molar-refractivity contribution in [2.45, 2.75) is 51.7 Å². The number of hydrogen-bond donors (Lipinski definition) is 1. The van der Waals surface area contributed by atoms with E-state index >= 15 is 0 Å². The normalized spacial score (nSPS) is 34.0. The minimum Gasteiger partial charge on any atom is -0.311 e. The fourth-order valence-corrected chi connectivity index (χ4v) is 2.10. The molecule has 0 spiro atoms. The van der Waals surface area contributed by atoms with E-state index in [-0.39, 0.29) is 0 Å². The van der Waals surface area contributed by atoms with Crippen molar-refractivity contribution < 1.29 is 0 Å². The molecule has 1 N–H and O–H groups in total. The van der Waals surface area contributed by atoms with Crippen LogP contribution < -0.4 is 5.32 Å². The molecule has 80 valence electrons. The van der Waals surface area contributed by atoms with Crippen LogP contribution in [0.15, 0.2) is 0 Å². The predicted molar refractivity (Wildman–Crippen MR) is 57.9 cm³/mol. The molecule has 1 rings (SSSR count). The van der Waals surface area contributed by atoms with Gasteiger partial charge in [-0.05, 0) is 33.7 Å². The van der Waals surface area contributed by atoms with Crippen molar-refractivity contribution in [3.8, 4) is 6.07 Å². The van der Waals surface area contributed by atoms with E-state index in [2.05, 4.69) is 37.1 Å². The lowest BCUT2D eigenvalue weighted by Crippen LogP contribution is -2.59. The summed E-state index contributed by atoms with van der Waals surface area (Å²) in [5.74, 6) is 0. The molecule has 0 saturated carbocycles. The molecule has 0 aromatic carbocycles. The number of unbranched alkanes of at least 4 members (excludes halogenated alkanes) is 1. The highest BCUT2D eigenvalue weighted by Gasteiger charge is 2.28. The highest BCUT2D eigenvalue weighted by atomic mass is 15.3. The molecule has 3 unspecified atom stereocenters. The summed E-state index contributed by atoms with van der Waals surface area (Å²) in [4.78, 5) is 2.51. The van der Waals surface area contributed by atoms with Gasteiger partial charge < -0.3 is 5.32 Å². The Morgan fingerprint density at radius 3 is 2.79 bits per heavy atom. The molecule has 1 aliphatic rings. The second kappa shape index (κ2) is 5.33. The van der Waals surface area contributed by atoms with Crippen molar-refractivity contribution in [3.05, 3.63) is 0 Å². The molecule has 0 bridgehead atoms. The van der Waals surface area contributed by atoms with Crippen LogP contribution in [0, 0.1) is 11.3 Å². The molecule has 0 amide bonds. The Hall–Kier alpha value is -0.590. The molecular formula is C11H21N3. The SMILES string of the molecule is CC1NCC(C)N(CCCC#N)C1C. The van der Waals surface area contributed by atoms with Crippen molar-refractivity contribution >= 4 is 0 Å². The minimum atomic E-state index is 0.563. The third-order valence-electron chi connectivity index (χ3n) is 3.25. The van der Waals surface area contributed by atoms with E-state index in [1.54, 1.807) is 0 Å². The molecule has 0 radical (unpaired) electrons. The Morgan fingerprint density at radius 2 is 2.14 bits per heavy atom. The van der Waals surface area contributed by atoms with Crippen LogP contribution in [-0.2, 0) is 0 Å². The van der Waals surface area contributed by atoms with Crippen LogP contribution in [0.5, 0.6) is 0 Å². The summed E-state index contributed by atoms with van der Waals surface area (Å²) in [5.41, 5.74) is 0. The Balaban J connectivity index is 2.42. The summed E-state index contributed by atoms with van der Waals surface area (Å²) >= 11 is 0. The van der Waals surface area contributed by atoms with Crippen molar-refractivity contribution in [1.29, 1.82) is 5.26 Å². The summed E-state index contributed by atoms with van der Waals surface area (Å²) in [5, 5.41) is 12.0. The smallest absolute Gasteiger partial charge is 0.0622 e. The zero-order valence-electron chi connectivity index (χ0n) is 9.45. The lowest BCUT2D eigenvalue weighted by Gasteiger charge is -2.43. The van der Waals surface area contributed by atoms with Gasteiger partial charge in [0.05, 0.1) is 6.07 Å². The Labute approximate surface area is 87.1 Å². The van der Waals surface area contributed by atoms with E-state index in [0.29, 0.717) is 24.5 Å². The maximum atomic E-state index is 8.50. The van der Waals surface area contributed by atoms with Gasteiger partial charge in [0.2, 0.25) is 0 Å². The molecule has 3 nitrogen and oxygen atoms in total. The number of nitrogens with zero attached hydrogens (tertiary/aromatic N) is 2. The lowest BCUT2D eigenvalue weighted by molar-refractivity contribution is 0.0866. The first-order valence-corrected chi connectivity index (χ1v) is 5.53. The summed E-state index contributed by atoms with van der Waals surface area (Å²) in [6, 6.07) is 3.95. The Bertz CT molecular complexity index is 209. The summed E-state index contributed by atoms with van der Waals surface area (Å²) in [7, 11) is 0. The second-order valence-electron chi connectivity index (χ2n) is 4.29. The van der Waals surface area contributed by atoms with Crippen molar-refractivity contribution in [2.75, 3.05) is 13.1 Å². The predicted octanol–water partition coefficient (Wildman–Crippen LogP) is 1.36. The molecule has 14 heavy (non-hydrogen) atoms. The van der Waals surface area contributed by atoms with E-state index in [9.17, 15) is 0 Å². The number of piperazine rings is 1. The fourth-order valence-electron chi connectivity index (χ4n) is 2.10. The fraction of sp³-hybridized carbons (Fsp3) is 0.909. The number of nitriles is 1. The number of rotatable bonds is 3. The van der Waals surface area contributed by atoms with Crippen molar-refractivity contribution in [1.82, 2.24) is 10.2 Å². The van der Waals surface area contributed by atoms with Gasteiger partial charge in [-0.1, -0.05) is 0 Å². The van der Waals surface area contributed by atoms with Crippen LogP contribution in [0.4, 0.5) is 0 Å². The van der Waals surface area contributed by atoms with E-state index < -0.39 is 0 Å². The molecule has 1 fully saturated rings. The molecule has 1 saturated heterocycles. The standard InChI is InChI=1S/C11H21N3/c1-9-8-13-10(2)11(3)14(9)7-5-4-6-12/h9-11,13H,4-5,7-8H2,1-3H3. The lowest BCUT2D eigenvalue weighted by atomic mass is 10.0. The first kappa shape index (κ1) is 11.5. The van der Waals surface area contributed by atoms with Crippen molar-refractivity contribution in [2.24, 2.45) is 0 Å². The van der Waals surface area contributed by atoms with Gasteiger partial charge in [0, 0.05) is 31.1 Å². The molecule has 0 aromatic heterocycles. The first-order chi connectivity index (χ1) is 6.66. The number of hydrogen-bond acceptors (Lipinski definition) is 3. The zero-order chi connectivity index (χ0) is 10.6. The maximum absolute atomic E-state index is 8.50. The Morgan fingerprint density at radius 1 is 1.43 bits per heavy atom. The summed E-state index contributed by atoms with van der Waals surface area (Å²) in [6.45, 7) is 8.87. The minimum absolute atomic E-state index is 0.563. The second-order valence-corrected chi connectivity index (χ2v) is 4.29. The first-order valence-electron chi connectivity index (χ1n) is 5.53.